The maximum Gasteiger partial charge on any atom is 0.227 e. The molecule has 2 rings (SSSR count). The van der Waals surface area contributed by atoms with Gasteiger partial charge in [0.2, 0.25) is 5.91 Å². The molecule has 1 aromatic rings. The number of nitrogens with one attached hydrogen (secondary N) is 1. The molecule has 0 aliphatic heterocycles. The van der Waals surface area contributed by atoms with Crippen LogP contribution in [0.4, 0.5) is 5.69 Å². The van der Waals surface area contributed by atoms with E-state index in [0.717, 1.165) is 36.9 Å². The summed E-state index contributed by atoms with van der Waals surface area (Å²) in [5.41, 5.74) is 1.50. The zero-order valence-electron chi connectivity index (χ0n) is 9.91. The molecule has 0 aromatic heterocycles. The van der Waals surface area contributed by atoms with Crippen molar-refractivity contribution in [3.8, 4) is 12.3 Å². The first-order valence-corrected chi connectivity index (χ1v) is 6.18. The highest BCUT2D eigenvalue weighted by molar-refractivity contribution is 5.93. The number of rotatable bonds is 2. The topological polar surface area (TPSA) is 29.1 Å². The summed E-state index contributed by atoms with van der Waals surface area (Å²) in [5.74, 6) is 2.87. The van der Waals surface area contributed by atoms with Crippen LogP contribution in [0.1, 0.15) is 37.7 Å². The molecule has 1 aliphatic rings. The van der Waals surface area contributed by atoms with Crippen LogP contribution >= 0.6 is 0 Å². The van der Waals surface area contributed by atoms with Crippen molar-refractivity contribution in [1.29, 1.82) is 0 Å². The third-order valence-electron chi connectivity index (χ3n) is 3.32. The molecule has 1 fully saturated rings. The second kappa shape index (κ2) is 5.54. The lowest BCUT2D eigenvalue weighted by Crippen LogP contribution is -2.25. The van der Waals surface area contributed by atoms with Crippen molar-refractivity contribution in [1.82, 2.24) is 0 Å². The van der Waals surface area contributed by atoms with Gasteiger partial charge in [-0.1, -0.05) is 37.3 Å². The Balaban J connectivity index is 2.05. The van der Waals surface area contributed by atoms with E-state index >= 15 is 0 Å². The van der Waals surface area contributed by atoms with Crippen LogP contribution in [-0.2, 0) is 4.79 Å². The first-order chi connectivity index (χ1) is 8.31. The van der Waals surface area contributed by atoms with E-state index in [0.29, 0.717) is 0 Å². The number of carbonyl (C=O) groups excluding carboxylic acids is 1. The molecule has 88 valence electrons. The van der Waals surface area contributed by atoms with Crippen LogP contribution in [0.25, 0.3) is 0 Å². The average molecular weight is 227 g/mol. The van der Waals surface area contributed by atoms with Crippen molar-refractivity contribution in [3.63, 3.8) is 0 Å². The molecular formula is C15H17NO. The molecule has 1 aliphatic carbocycles. The number of hydrogen-bond donors (Lipinski definition) is 1. The van der Waals surface area contributed by atoms with E-state index in [1.807, 2.05) is 24.3 Å². The summed E-state index contributed by atoms with van der Waals surface area (Å²) < 4.78 is 0. The number of para-hydroxylation sites is 1. The fourth-order valence-electron chi connectivity index (χ4n) is 2.32. The van der Waals surface area contributed by atoms with Crippen LogP contribution < -0.4 is 5.32 Å². The van der Waals surface area contributed by atoms with Gasteiger partial charge in [0.25, 0.3) is 0 Å². The summed E-state index contributed by atoms with van der Waals surface area (Å²) in [4.78, 5) is 12.1. The first-order valence-electron chi connectivity index (χ1n) is 6.18. The van der Waals surface area contributed by atoms with Gasteiger partial charge in [0.1, 0.15) is 0 Å². The van der Waals surface area contributed by atoms with Gasteiger partial charge in [-0.05, 0) is 25.0 Å². The van der Waals surface area contributed by atoms with Crippen LogP contribution in [0.3, 0.4) is 0 Å². The molecule has 2 heteroatoms. The predicted molar refractivity (Wildman–Crippen MR) is 69.6 cm³/mol. The van der Waals surface area contributed by atoms with E-state index in [2.05, 4.69) is 11.2 Å². The maximum atomic E-state index is 12.1. The molecule has 0 saturated heterocycles. The fourth-order valence-corrected chi connectivity index (χ4v) is 2.32. The average Bonchev–Trinajstić information content (AvgIpc) is 2.40. The normalized spacial score (nSPS) is 16.2. The standard InChI is InChI=1S/C15H17NO/c1-2-12-8-6-7-11-14(12)16-15(17)13-9-4-3-5-10-13/h1,6-8,11,13H,3-5,9-10H2,(H,16,17). The molecular weight excluding hydrogens is 210 g/mol. The Morgan fingerprint density at radius 2 is 1.94 bits per heavy atom. The Kier molecular flexibility index (Phi) is 3.82. The second-order valence-electron chi connectivity index (χ2n) is 4.51. The van der Waals surface area contributed by atoms with E-state index in [9.17, 15) is 4.79 Å². The van der Waals surface area contributed by atoms with Crippen LogP contribution in [0.15, 0.2) is 24.3 Å². The Labute approximate surface area is 102 Å². The number of anilines is 1. The summed E-state index contributed by atoms with van der Waals surface area (Å²) >= 11 is 0. The predicted octanol–water partition coefficient (Wildman–Crippen LogP) is 3.19. The zero-order chi connectivity index (χ0) is 12.1. The van der Waals surface area contributed by atoms with E-state index in [4.69, 9.17) is 6.42 Å². The second-order valence-corrected chi connectivity index (χ2v) is 4.51. The smallest absolute Gasteiger partial charge is 0.227 e. The Morgan fingerprint density at radius 3 is 2.65 bits per heavy atom. The van der Waals surface area contributed by atoms with Crippen molar-refractivity contribution in [3.05, 3.63) is 29.8 Å². The molecule has 2 nitrogen and oxygen atoms in total. The van der Waals surface area contributed by atoms with Gasteiger partial charge in [0, 0.05) is 11.5 Å². The van der Waals surface area contributed by atoms with Crippen LogP contribution in [-0.4, -0.2) is 5.91 Å². The lowest BCUT2D eigenvalue weighted by atomic mass is 9.88. The molecule has 17 heavy (non-hydrogen) atoms. The molecule has 1 N–H and O–H groups in total. The SMILES string of the molecule is C#Cc1ccccc1NC(=O)C1CCCCC1. The van der Waals surface area contributed by atoms with Crippen LogP contribution in [0, 0.1) is 18.3 Å². The molecule has 0 bridgehead atoms. The minimum Gasteiger partial charge on any atom is -0.325 e. The quantitative estimate of drug-likeness (QED) is 0.772. The van der Waals surface area contributed by atoms with Crippen molar-refractivity contribution in [2.45, 2.75) is 32.1 Å². The van der Waals surface area contributed by atoms with E-state index in [-0.39, 0.29) is 11.8 Å². The molecule has 0 atom stereocenters. The van der Waals surface area contributed by atoms with E-state index < -0.39 is 0 Å². The molecule has 1 amide bonds. The number of benzene rings is 1. The minimum atomic E-state index is 0.118. The minimum absolute atomic E-state index is 0.118. The van der Waals surface area contributed by atoms with Crippen LogP contribution in [0.2, 0.25) is 0 Å². The third-order valence-corrected chi connectivity index (χ3v) is 3.32. The lowest BCUT2D eigenvalue weighted by Gasteiger charge is -2.21. The van der Waals surface area contributed by atoms with Gasteiger partial charge >= 0.3 is 0 Å². The highest BCUT2D eigenvalue weighted by Gasteiger charge is 2.21. The summed E-state index contributed by atoms with van der Waals surface area (Å²) in [5, 5.41) is 2.95. The van der Waals surface area contributed by atoms with Gasteiger partial charge in [0.05, 0.1) is 5.69 Å². The monoisotopic (exact) mass is 227 g/mol. The Hall–Kier alpha value is -1.75. The largest absolute Gasteiger partial charge is 0.325 e. The number of hydrogen-bond acceptors (Lipinski definition) is 1. The number of amides is 1. The summed E-state index contributed by atoms with van der Waals surface area (Å²) in [6.45, 7) is 0. The fraction of sp³-hybridized carbons (Fsp3) is 0.400. The van der Waals surface area contributed by atoms with Gasteiger partial charge in [-0.25, -0.2) is 0 Å². The van der Waals surface area contributed by atoms with Gasteiger partial charge in [-0.3, -0.25) is 4.79 Å². The zero-order valence-corrected chi connectivity index (χ0v) is 9.91. The highest BCUT2D eigenvalue weighted by Crippen LogP contribution is 2.25. The van der Waals surface area contributed by atoms with Gasteiger partial charge in [0.15, 0.2) is 0 Å². The molecule has 1 aromatic carbocycles. The van der Waals surface area contributed by atoms with Crippen molar-refractivity contribution in [2.24, 2.45) is 5.92 Å². The number of carbonyl (C=O) groups is 1. The summed E-state index contributed by atoms with van der Waals surface area (Å²) in [6, 6.07) is 7.47. The summed E-state index contributed by atoms with van der Waals surface area (Å²) in [6.07, 6.45) is 11.0. The third kappa shape index (κ3) is 2.88. The molecule has 0 unspecified atom stereocenters. The highest BCUT2D eigenvalue weighted by atomic mass is 16.1. The van der Waals surface area contributed by atoms with E-state index in [1.54, 1.807) is 0 Å². The van der Waals surface area contributed by atoms with Gasteiger partial charge in [-0.15, -0.1) is 6.42 Å². The van der Waals surface area contributed by atoms with Gasteiger partial charge < -0.3 is 5.32 Å². The number of terminal acetylenes is 1. The maximum absolute atomic E-state index is 12.1. The summed E-state index contributed by atoms with van der Waals surface area (Å²) in [7, 11) is 0. The first kappa shape index (κ1) is 11.7. The van der Waals surface area contributed by atoms with Gasteiger partial charge in [-0.2, -0.15) is 0 Å². The van der Waals surface area contributed by atoms with Crippen molar-refractivity contribution in [2.75, 3.05) is 5.32 Å². The Bertz CT molecular complexity index is 438. The lowest BCUT2D eigenvalue weighted by molar-refractivity contribution is -0.120. The Morgan fingerprint density at radius 1 is 1.24 bits per heavy atom. The van der Waals surface area contributed by atoms with Crippen molar-refractivity contribution >= 4 is 11.6 Å². The molecule has 0 heterocycles. The van der Waals surface area contributed by atoms with Crippen LogP contribution in [0.5, 0.6) is 0 Å². The van der Waals surface area contributed by atoms with Crippen molar-refractivity contribution < 1.29 is 4.79 Å². The molecule has 1 saturated carbocycles. The van der Waals surface area contributed by atoms with E-state index in [1.165, 1.54) is 6.42 Å². The molecule has 0 radical (unpaired) electrons. The molecule has 0 spiro atoms.